The molecule has 0 saturated heterocycles. The van der Waals surface area contributed by atoms with E-state index in [4.69, 9.17) is 98.2 Å². The molecule has 0 saturated carbocycles. The Labute approximate surface area is 380 Å². The Morgan fingerprint density at radius 1 is 0.262 bits per heavy atom. The summed E-state index contributed by atoms with van der Waals surface area (Å²) in [7, 11) is 0. The molecule has 0 bridgehead atoms. The average molecular weight is 956 g/mol. The highest BCUT2D eigenvalue weighted by Crippen LogP contribution is 2.00. The molecule has 390 valence electrons. The van der Waals surface area contributed by atoms with Gasteiger partial charge in [-0.05, 0) is 96.9 Å². The van der Waals surface area contributed by atoms with E-state index in [1.165, 1.54) is 0 Å². The van der Waals surface area contributed by atoms with Crippen molar-refractivity contribution in [2.24, 2.45) is 74.5 Å². The summed E-state index contributed by atoms with van der Waals surface area (Å²) in [5, 5.41) is 64.4. The molecule has 65 heavy (non-hydrogen) atoms. The van der Waals surface area contributed by atoms with Gasteiger partial charge < -0.3 is 115 Å². The van der Waals surface area contributed by atoms with Gasteiger partial charge in [0.2, 0.25) is 0 Å². The topological polar surface area (TPSA) is 637 Å². The van der Waals surface area contributed by atoms with E-state index in [1.54, 1.807) is 0 Å². The summed E-state index contributed by atoms with van der Waals surface area (Å²) in [6, 6.07) is -3.58. The van der Waals surface area contributed by atoms with E-state index in [9.17, 15) is 38.4 Å². The highest BCUT2D eigenvalue weighted by atomic mass is 16.4. The zero-order valence-electron chi connectivity index (χ0n) is 37.5. The molecule has 29 nitrogen and oxygen atoms in total. The Kier molecular flexibility index (Phi) is 73.1. The van der Waals surface area contributed by atoms with Crippen LogP contribution in [-0.2, 0) is 38.4 Å². The fraction of sp³-hybridized carbons (Fsp3) is 0.778. The van der Waals surface area contributed by atoms with Crippen molar-refractivity contribution in [3.63, 3.8) is 0 Å². The largest absolute Gasteiger partial charge is 0.480 e. The SMILES string of the molecule is NCC(=O)O.NCC(=O)O.NCC(=O)O.NCCCCC(N)C(=O)O.NCCCCC(N)C(=O)O.NCCCCC(N)C(=O)O.NCCCCC(N)C(=O)O.NCCCCC(N)C(=O)O. The first-order valence-corrected chi connectivity index (χ1v) is 20.4. The minimum atomic E-state index is -0.968. The zero-order valence-corrected chi connectivity index (χ0v) is 37.5. The van der Waals surface area contributed by atoms with Crippen molar-refractivity contribution in [1.82, 2.24) is 0 Å². The highest BCUT2D eigenvalue weighted by Gasteiger charge is 2.12. The normalized spacial score (nSPS) is 11.7. The number of nitrogens with two attached hydrogens (primary N) is 13. The van der Waals surface area contributed by atoms with Gasteiger partial charge in [-0.3, -0.25) is 38.4 Å². The number of aliphatic carboxylic acids is 8. The van der Waals surface area contributed by atoms with Crippen LogP contribution in [0, 0.1) is 0 Å². The molecule has 0 aliphatic heterocycles. The molecule has 34 N–H and O–H groups in total. The van der Waals surface area contributed by atoms with Crippen LogP contribution in [0.3, 0.4) is 0 Å². The number of unbranched alkanes of at least 4 members (excludes halogenated alkanes) is 5. The fourth-order valence-electron chi connectivity index (χ4n) is 3.16. The number of hydrogen-bond acceptors (Lipinski definition) is 21. The van der Waals surface area contributed by atoms with Gasteiger partial charge in [-0.2, -0.15) is 0 Å². The van der Waals surface area contributed by atoms with Gasteiger partial charge in [0.15, 0.2) is 0 Å². The number of carboxylic acid groups (broad SMARTS) is 8. The Hall–Kier alpha value is -4.76. The molecule has 0 amide bonds. The second-order valence-electron chi connectivity index (χ2n) is 12.9. The van der Waals surface area contributed by atoms with Gasteiger partial charge in [-0.15, -0.1) is 0 Å². The van der Waals surface area contributed by atoms with E-state index in [1.807, 2.05) is 0 Å². The van der Waals surface area contributed by atoms with Crippen molar-refractivity contribution < 1.29 is 79.2 Å². The fourth-order valence-corrected chi connectivity index (χ4v) is 3.16. The summed E-state index contributed by atoms with van der Waals surface area (Å²) in [6.07, 6.45) is 10.8. The van der Waals surface area contributed by atoms with Gasteiger partial charge in [-0.25, -0.2) is 0 Å². The molecule has 0 fully saturated rings. The van der Waals surface area contributed by atoms with Gasteiger partial charge in [-0.1, -0.05) is 32.1 Å². The van der Waals surface area contributed by atoms with Crippen LogP contribution in [0.15, 0.2) is 0 Å². The molecule has 5 unspecified atom stereocenters. The summed E-state index contributed by atoms with van der Waals surface area (Å²) in [6.45, 7) is 2.18. The van der Waals surface area contributed by atoms with Crippen LogP contribution in [-0.4, -0.2) is 171 Å². The van der Waals surface area contributed by atoms with E-state index < -0.39 is 78.0 Å². The third-order valence-corrected chi connectivity index (χ3v) is 6.96. The van der Waals surface area contributed by atoms with Crippen LogP contribution in [0.2, 0.25) is 0 Å². The van der Waals surface area contributed by atoms with E-state index in [0.29, 0.717) is 64.8 Å². The standard InChI is InChI=1S/5C6H14N2O2.3C2H5NO2/c5*7-4-2-1-3-5(8)6(9)10;3*3-1-2(4)5/h5*5H,1-4,7-8H2,(H,9,10);3*1,3H2,(H,4,5). The van der Waals surface area contributed by atoms with Gasteiger partial charge in [0.25, 0.3) is 0 Å². The smallest absolute Gasteiger partial charge is 0.320 e. The van der Waals surface area contributed by atoms with E-state index in [2.05, 4.69) is 17.2 Å². The third kappa shape index (κ3) is 90.8. The minimum absolute atomic E-state index is 0.278. The van der Waals surface area contributed by atoms with E-state index in [0.717, 1.165) is 64.2 Å². The Balaban J connectivity index is -0.0000000967. The summed E-state index contributed by atoms with van der Waals surface area (Å²) in [5.74, 6) is -7.57. The molecular formula is C36H85N13O16. The lowest BCUT2D eigenvalue weighted by Gasteiger charge is -2.03. The summed E-state index contributed by atoms with van der Waals surface area (Å²) < 4.78 is 0. The number of rotatable bonds is 28. The highest BCUT2D eigenvalue weighted by molar-refractivity contribution is 5.74. The van der Waals surface area contributed by atoms with Gasteiger partial charge >= 0.3 is 47.8 Å². The van der Waals surface area contributed by atoms with Crippen molar-refractivity contribution in [3.8, 4) is 0 Å². The van der Waals surface area contributed by atoms with Crippen LogP contribution < -0.4 is 74.5 Å². The van der Waals surface area contributed by atoms with Crippen LogP contribution in [0.5, 0.6) is 0 Å². The van der Waals surface area contributed by atoms with Gasteiger partial charge in [0.05, 0.1) is 19.6 Å². The Morgan fingerprint density at radius 3 is 0.431 bits per heavy atom. The van der Waals surface area contributed by atoms with E-state index >= 15 is 0 Å². The molecule has 0 aromatic carbocycles. The summed E-state index contributed by atoms with van der Waals surface area (Å²) >= 11 is 0. The van der Waals surface area contributed by atoms with Crippen molar-refractivity contribution in [2.45, 2.75) is 127 Å². The maximum Gasteiger partial charge on any atom is 0.320 e. The molecule has 0 rings (SSSR count). The molecule has 0 aromatic heterocycles. The quantitative estimate of drug-likeness (QED) is 0.0326. The third-order valence-electron chi connectivity index (χ3n) is 6.96. The number of carboxylic acids is 8. The monoisotopic (exact) mass is 956 g/mol. The van der Waals surface area contributed by atoms with Crippen molar-refractivity contribution in [3.05, 3.63) is 0 Å². The van der Waals surface area contributed by atoms with Crippen molar-refractivity contribution in [2.75, 3.05) is 52.4 Å². The Bertz CT molecular complexity index is 982. The second-order valence-corrected chi connectivity index (χ2v) is 12.9. The summed E-state index contributed by atoms with van der Waals surface area (Å²) in [5.41, 5.74) is 65.8. The predicted octanol–water partition coefficient (Wildman–Crippen LogP) is -5.27. The second kappa shape index (κ2) is 61.3. The molecule has 5 atom stereocenters. The molecular weight excluding hydrogens is 870 g/mol. The molecule has 0 heterocycles. The van der Waals surface area contributed by atoms with Crippen LogP contribution in [0.25, 0.3) is 0 Å². The van der Waals surface area contributed by atoms with Crippen molar-refractivity contribution in [1.29, 1.82) is 0 Å². The maximum absolute atomic E-state index is 10.1. The average Bonchev–Trinajstić information content (AvgIpc) is 3.25. The van der Waals surface area contributed by atoms with Crippen LogP contribution in [0.1, 0.15) is 96.3 Å². The first kappa shape index (κ1) is 77.5. The van der Waals surface area contributed by atoms with E-state index in [-0.39, 0.29) is 19.6 Å². The van der Waals surface area contributed by atoms with Crippen molar-refractivity contribution >= 4 is 47.8 Å². The molecule has 0 aliphatic rings. The van der Waals surface area contributed by atoms with Gasteiger partial charge in [0.1, 0.15) is 30.2 Å². The molecule has 0 aliphatic carbocycles. The maximum atomic E-state index is 10.1. The lowest BCUT2D eigenvalue weighted by atomic mass is 10.1. The molecule has 0 radical (unpaired) electrons. The van der Waals surface area contributed by atoms with Crippen LogP contribution >= 0.6 is 0 Å². The Morgan fingerprint density at radius 2 is 0.369 bits per heavy atom. The van der Waals surface area contributed by atoms with Gasteiger partial charge in [0, 0.05) is 0 Å². The molecule has 0 aromatic rings. The first-order valence-electron chi connectivity index (χ1n) is 20.4. The van der Waals surface area contributed by atoms with Crippen LogP contribution in [0.4, 0.5) is 0 Å². The molecule has 0 spiro atoms. The lowest BCUT2D eigenvalue weighted by molar-refractivity contribution is -0.139. The zero-order chi connectivity index (χ0) is 52.8. The number of carbonyl (C=O) groups is 8. The summed E-state index contributed by atoms with van der Waals surface area (Å²) in [4.78, 5) is 78.4. The first-order chi connectivity index (χ1) is 30.2. The predicted molar refractivity (Wildman–Crippen MR) is 243 cm³/mol. The number of hydrogen-bond donors (Lipinski definition) is 21. The molecule has 29 heteroatoms. The lowest BCUT2D eigenvalue weighted by Crippen LogP contribution is -2.29. The minimum Gasteiger partial charge on any atom is -0.480 e.